The molecule has 0 saturated carbocycles. The molecule has 5 nitrogen and oxygen atoms in total. The molecule has 0 bridgehead atoms. The van der Waals surface area contributed by atoms with E-state index in [1.165, 1.54) is 0 Å². The van der Waals surface area contributed by atoms with Gasteiger partial charge in [-0.3, -0.25) is 5.32 Å². The molecule has 1 aromatic heterocycles. The van der Waals surface area contributed by atoms with Crippen LogP contribution in [0, 0.1) is 6.92 Å². The Balaban J connectivity index is 1.81. The summed E-state index contributed by atoms with van der Waals surface area (Å²) in [6, 6.07) is 9.78. The molecule has 0 radical (unpaired) electrons. The number of hydrogen-bond acceptors (Lipinski definition) is 3. The highest BCUT2D eigenvalue weighted by Crippen LogP contribution is 2.27. The number of aryl methyl sites for hydroxylation is 1. The molecule has 1 heterocycles. The van der Waals surface area contributed by atoms with Gasteiger partial charge in [-0.1, -0.05) is 29.3 Å². The average Bonchev–Trinajstić information content (AvgIpc) is 2.41. The zero-order chi connectivity index (χ0) is 15.2. The summed E-state index contributed by atoms with van der Waals surface area (Å²) in [6.45, 7) is 1.81. The number of halogens is 2. The van der Waals surface area contributed by atoms with Crippen molar-refractivity contribution in [3.05, 3.63) is 52.1 Å². The highest BCUT2D eigenvalue weighted by atomic mass is 35.5. The SMILES string of the molecule is Cc1cccc(NC(=O)NCOc2ccc(Cl)cc2Cl)n1. The van der Waals surface area contributed by atoms with Crippen molar-refractivity contribution in [1.82, 2.24) is 10.3 Å². The van der Waals surface area contributed by atoms with Crippen LogP contribution in [-0.4, -0.2) is 17.7 Å². The second-order valence-corrected chi connectivity index (χ2v) is 5.00. The minimum absolute atomic E-state index is 0.0288. The number of benzene rings is 1. The summed E-state index contributed by atoms with van der Waals surface area (Å²) in [4.78, 5) is 15.8. The molecular weight excluding hydrogens is 313 g/mol. The smallest absolute Gasteiger partial charge is 0.323 e. The molecule has 7 heteroatoms. The van der Waals surface area contributed by atoms with E-state index >= 15 is 0 Å². The Hall–Kier alpha value is -1.98. The van der Waals surface area contributed by atoms with Crippen LogP contribution in [0.3, 0.4) is 0 Å². The van der Waals surface area contributed by atoms with Gasteiger partial charge in [0, 0.05) is 10.7 Å². The summed E-state index contributed by atoms with van der Waals surface area (Å²) in [7, 11) is 0. The second-order valence-electron chi connectivity index (χ2n) is 4.16. The molecule has 1 aromatic carbocycles. The lowest BCUT2D eigenvalue weighted by Crippen LogP contribution is -2.32. The monoisotopic (exact) mass is 325 g/mol. The Morgan fingerprint density at radius 3 is 2.81 bits per heavy atom. The maximum atomic E-state index is 11.7. The van der Waals surface area contributed by atoms with Gasteiger partial charge in [-0.05, 0) is 37.3 Å². The number of urea groups is 1. The Kier molecular flexibility index (Phi) is 5.25. The normalized spacial score (nSPS) is 10.0. The standard InChI is InChI=1S/C14H13Cl2N3O2/c1-9-3-2-4-13(18-9)19-14(20)17-8-21-12-6-5-10(15)7-11(12)16/h2-7H,8H2,1H3,(H2,17,18,19,20). The van der Waals surface area contributed by atoms with Gasteiger partial charge >= 0.3 is 6.03 Å². The van der Waals surface area contributed by atoms with Crippen LogP contribution in [0.4, 0.5) is 10.6 Å². The average molecular weight is 326 g/mol. The fourth-order valence-corrected chi connectivity index (χ4v) is 2.01. The van der Waals surface area contributed by atoms with Crippen LogP contribution in [0.2, 0.25) is 10.0 Å². The quantitative estimate of drug-likeness (QED) is 0.839. The lowest BCUT2D eigenvalue weighted by atomic mass is 10.3. The first-order chi connectivity index (χ1) is 10.0. The topological polar surface area (TPSA) is 63.2 Å². The molecule has 2 N–H and O–H groups in total. The lowest BCUT2D eigenvalue weighted by Gasteiger charge is -2.10. The zero-order valence-corrected chi connectivity index (χ0v) is 12.7. The number of nitrogens with zero attached hydrogens (tertiary/aromatic N) is 1. The third-order valence-electron chi connectivity index (χ3n) is 2.48. The molecule has 0 aliphatic heterocycles. The van der Waals surface area contributed by atoms with Crippen molar-refractivity contribution in [3.63, 3.8) is 0 Å². The molecule has 2 aromatic rings. The van der Waals surface area contributed by atoms with E-state index in [0.29, 0.717) is 21.6 Å². The van der Waals surface area contributed by atoms with Gasteiger partial charge in [0.05, 0.1) is 5.02 Å². The van der Waals surface area contributed by atoms with Crippen LogP contribution in [0.25, 0.3) is 0 Å². The van der Waals surface area contributed by atoms with Gasteiger partial charge in [-0.2, -0.15) is 0 Å². The van der Waals surface area contributed by atoms with Gasteiger partial charge in [0.2, 0.25) is 0 Å². The first-order valence-electron chi connectivity index (χ1n) is 6.11. The molecule has 0 saturated heterocycles. The van der Waals surface area contributed by atoms with Gasteiger partial charge in [0.25, 0.3) is 0 Å². The van der Waals surface area contributed by atoms with E-state index in [4.69, 9.17) is 27.9 Å². The van der Waals surface area contributed by atoms with Gasteiger partial charge < -0.3 is 10.1 Å². The van der Waals surface area contributed by atoms with Crippen LogP contribution in [-0.2, 0) is 0 Å². The Bertz CT molecular complexity index is 650. The Morgan fingerprint density at radius 1 is 1.29 bits per heavy atom. The van der Waals surface area contributed by atoms with Gasteiger partial charge in [-0.25, -0.2) is 9.78 Å². The number of carbonyl (C=O) groups is 1. The van der Waals surface area contributed by atoms with E-state index < -0.39 is 6.03 Å². The highest BCUT2D eigenvalue weighted by molar-refractivity contribution is 6.35. The molecule has 0 fully saturated rings. The van der Waals surface area contributed by atoms with Gasteiger partial charge in [-0.15, -0.1) is 0 Å². The highest BCUT2D eigenvalue weighted by Gasteiger charge is 2.05. The van der Waals surface area contributed by atoms with Gasteiger partial charge in [0.1, 0.15) is 11.6 Å². The van der Waals surface area contributed by atoms with Crippen molar-refractivity contribution in [2.24, 2.45) is 0 Å². The van der Waals surface area contributed by atoms with Crippen molar-refractivity contribution >= 4 is 35.1 Å². The molecule has 110 valence electrons. The van der Waals surface area contributed by atoms with Crippen molar-refractivity contribution in [1.29, 1.82) is 0 Å². The van der Waals surface area contributed by atoms with E-state index in [9.17, 15) is 4.79 Å². The van der Waals surface area contributed by atoms with E-state index in [1.54, 1.807) is 24.3 Å². The largest absolute Gasteiger partial charge is 0.472 e. The first kappa shape index (κ1) is 15.4. The van der Waals surface area contributed by atoms with Crippen molar-refractivity contribution in [3.8, 4) is 5.75 Å². The number of pyridine rings is 1. The molecule has 21 heavy (non-hydrogen) atoms. The number of aromatic nitrogens is 1. The van der Waals surface area contributed by atoms with Crippen molar-refractivity contribution in [2.45, 2.75) is 6.92 Å². The van der Waals surface area contributed by atoms with Crippen molar-refractivity contribution < 1.29 is 9.53 Å². The molecule has 0 spiro atoms. The molecule has 2 rings (SSSR count). The number of hydrogen-bond donors (Lipinski definition) is 2. The van der Waals surface area contributed by atoms with Crippen LogP contribution in [0.15, 0.2) is 36.4 Å². The fourth-order valence-electron chi connectivity index (χ4n) is 1.54. The van der Waals surface area contributed by atoms with E-state index in [2.05, 4.69) is 15.6 Å². The van der Waals surface area contributed by atoms with E-state index in [-0.39, 0.29) is 6.73 Å². The molecule has 0 unspecified atom stereocenters. The molecule has 0 aliphatic carbocycles. The fraction of sp³-hybridized carbons (Fsp3) is 0.143. The first-order valence-corrected chi connectivity index (χ1v) is 6.86. The number of amides is 2. The third kappa shape index (κ3) is 4.81. The predicted octanol–water partition coefficient (Wildman–Crippen LogP) is 3.85. The summed E-state index contributed by atoms with van der Waals surface area (Å²) >= 11 is 11.7. The molecule has 0 atom stereocenters. The van der Waals surface area contributed by atoms with Crippen LogP contribution in [0.5, 0.6) is 5.75 Å². The molecule has 0 aliphatic rings. The minimum Gasteiger partial charge on any atom is -0.472 e. The molecule has 2 amide bonds. The number of rotatable bonds is 4. The summed E-state index contributed by atoms with van der Waals surface area (Å²) in [5, 5.41) is 6.03. The maximum absolute atomic E-state index is 11.7. The van der Waals surface area contributed by atoms with E-state index in [0.717, 1.165) is 5.69 Å². The summed E-state index contributed by atoms with van der Waals surface area (Å²) in [6.07, 6.45) is 0. The predicted molar refractivity (Wildman–Crippen MR) is 83.1 cm³/mol. The summed E-state index contributed by atoms with van der Waals surface area (Å²) in [5.41, 5.74) is 0.817. The number of carbonyl (C=O) groups excluding carboxylic acids is 1. The zero-order valence-electron chi connectivity index (χ0n) is 11.2. The van der Waals surface area contributed by atoms with Gasteiger partial charge in [0.15, 0.2) is 6.73 Å². The van der Waals surface area contributed by atoms with Crippen LogP contribution >= 0.6 is 23.2 Å². The van der Waals surface area contributed by atoms with Crippen molar-refractivity contribution in [2.75, 3.05) is 12.0 Å². The lowest BCUT2D eigenvalue weighted by molar-refractivity contribution is 0.234. The van der Waals surface area contributed by atoms with Crippen LogP contribution in [0.1, 0.15) is 5.69 Å². The second kappa shape index (κ2) is 7.15. The number of anilines is 1. The van der Waals surface area contributed by atoms with E-state index in [1.807, 2.05) is 19.1 Å². The number of ether oxygens (including phenoxy) is 1. The third-order valence-corrected chi connectivity index (χ3v) is 3.01. The Morgan fingerprint density at radius 2 is 2.10 bits per heavy atom. The number of nitrogens with one attached hydrogen (secondary N) is 2. The summed E-state index contributed by atoms with van der Waals surface area (Å²) in [5.74, 6) is 0.909. The minimum atomic E-state index is -0.418. The van der Waals surface area contributed by atoms with Crippen LogP contribution < -0.4 is 15.4 Å². The molecular formula is C14H13Cl2N3O2. The Labute approximate surface area is 132 Å². The maximum Gasteiger partial charge on any atom is 0.323 e. The summed E-state index contributed by atoms with van der Waals surface area (Å²) < 4.78 is 5.34.